The van der Waals surface area contributed by atoms with E-state index in [9.17, 15) is 0 Å². The highest BCUT2D eigenvalue weighted by Crippen LogP contribution is 2.56. The Morgan fingerprint density at radius 1 is 1.12 bits per heavy atom. The molecule has 2 rings (SSSR count). The van der Waals surface area contributed by atoms with Crippen molar-refractivity contribution >= 4 is 28.2 Å². The Bertz CT molecular complexity index is 432. The van der Waals surface area contributed by atoms with Crippen molar-refractivity contribution in [3.8, 4) is 0 Å². The zero-order valence-electron chi connectivity index (χ0n) is 10.00. The molecule has 0 fully saturated rings. The molecule has 1 aliphatic carbocycles. The summed E-state index contributed by atoms with van der Waals surface area (Å²) in [6.07, 6.45) is 2.30. The zero-order valence-corrected chi connectivity index (χ0v) is 12.2. The Labute approximate surface area is 112 Å². The minimum atomic E-state index is 0.284. The second-order valence-corrected chi connectivity index (χ2v) is 5.96. The van der Waals surface area contributed by atoms with Crippen LogP contribution in [0.2, 0.25) is 0 Å². The van der Waals surface area contributed by atoms with Crippen LogP contribution in [0.25, 0.3) is 5.57 Å². The van der Waals surface area contributed by atoms with Gasteiger partial charge in [0.15, 0.2) is 0 Å². The van der Waals surface area contributed by atoms with Crippen LogP contribution in [0.15, 0.2) is 46.1 Å². The van der Waals surface area contributed by atoms with Crippen LogP contribution < -0.4 is 0 Å². The molecule has 1 unspecified atom stereocenters. The second-order valence-electron chi connectivity index (χ2n) is 5.24. The van der Waals surface area contributed by atoms with E-state index in [1.54, 1.807) is 5.57 Å². The van der Waals surface area contributed by atoms with E-state index < -0.39 is 0 Å². The van der Waals surface area contributed by atoms with Crippen molar-refractivity contribution in [3.05, 3.63) is 51.6 Å². The van der Waals surface area contributed by atoms with Gasteiger partial charge >= 0.3 is 0 Å². The van der Waals surface area contributed by atoms with Gasteiger partial charge in [0, 0.05) is 5.92 Å². The van der Waals surface area contributed by atoms with E-state index in [1.807, 2.05) is 0 Å². The molecule has 0 spiro atoms. The van der Waals surface area contributed by atoms with Gasteiger partial charge in [-0.25, -0.2) is 0 Å². The Hall–Kier alpha value is -0.570. The van der Waals surface area contributed by atoms with E-state index in [2.05, 4.69) is 83.9 Å². The van der Waals surface area contributed by atoms with Crippen molar-refractivity contribution in [2.45, 2.75) is 20.8 Å². The molecule has 1 atom stereocenters. The molecule has 0 saturated heterocycles. The smallest absolute Gasteiger partial charge is 0.0253 e. The van der Waals surface area contributed by atoms with Gasteiger partial charge in [0.25, 0.3) is 0 Å². The van der Waals surface area contributed by atoms with Crippen LogP contribution in [0.4, 0.5) is 0 Å². The maximum atomic E-state index is 2.30. The van der Waals surface area contributed by atoms with E-state index in [0.29, 0.717) is 5.92 Å². The van der Waals surface area contributed by atoms with Crippen molar-refractivity contribution in [1.82, 2.24) is 0 Å². The van der Waals surface area contributed by atoms with Crippen LogP contribution in [0.5, 0.6) is 0 Å². The molecule has 0 aromatic heterocycles. The van der Waals surface area contributed by atoms with E-state index >= 15 is 0 Å². The third-order valence-corrected chi connectivity index (χ3v) is 3.40. The minimum Gasteiger partial charge on any atom is -0.0668 e. The van der Waals surface area contributed by atoms with Crippen molar-refractivity contribution in [2.75, 3.05) is 0 Å². The average molecular weight is 324 g/mol. The van der Waals surface area contributed by atoms with E-state index in [1.165, 1.54) is 11.1 Å². The summed E-state index contributed by atoms with van der Waals surface area (Å²) in [6, 6.07) is 10.7. The number of allylic oxidation sites excluding steroid dienone is 3. The summed E-state index contributed by atoms with van der Waals surface area (Å²) in [6.45, 7) is 6.89. The summed E-state index contributed by atoms with van der Waals surface area (Å²) in [5, 5.41) is 0. The Morgan fingerprint density at radius 2 is 1.75 bits per heavy atom. The van der Waals surface area contributed by atoms with Crippen molar-refractivity contribution in [1.29, 1.82) is 0 Å². The van der Waals surface area contributed by atoms with E-state index in [4.69, 9.17) is 0 Å². The molecule has 0 nitrogen and oxygen atoms in total. The lowest BCUT2D eigenvalue weighted by molar-refractivity contribution is 0.509. The molecule has 16 heavy (non-hydrogen) atoms. The van der Waals surface area contributed by atoms with Gasteiger partial charge in [0.1, 0.15) is 0 Å². The summed E-state index contributed by atoms with van der Waals surface area (Å²) in [4.78, 5) is 0. The van der Waals surface area contributed by atoms with Crippen molar-refractivity contribution < 1.29 is 0 Å². The summed E-state index contributed by atoms with van der Waals surface area (Å²) >= 11 is 2.30. The summed E-state index contributed by atoms with van der Waals surface area (Å²) < 4.78 is 2.13. The largest absolute Gasteiger partial charge is 0.0668 e. The topological polar surface area (TPSA) is 0 Å². The normalized spacial score (nSPS) is 20.6. The first-order chi connectivity index (χ1) is 7.55. The van der Waals surface area contributed by atoms with Crippen LogP contribution in [0, 0.1) is 11.3 Å². The molecule has 0 saturated carbocycles. The average Bonchev–Trinajstić information content (AvgIpc) is 2.94. The SMILES string of the molecule is CC(C)(C)C1=C(c2ccccc2)C1/C=C\I. The highest BCUT2D eigenvalue weighted by molar-refractivity contribution is 14.1. The number of halogens is 1. The number of hydrogen-bond donors (Lipinski definition) is 0. The van der Waals surface area contributed by atoms with Crippen LogP contribution in [0.1, 0.15) is 26.3 Å². The predicted molar refractivity (Wildman–Crippen MR) is 79.5 cm³/mol. The zero-order chi connectivity index (χ0) is 11.8. The third kappa shape index (κ3) is 2.24. The van der Waals surface area contributed by atoms with Crippen LogP contribution in [-0.4, -0.2) is 0 Å². The molecule has 1 aromatic carbocycles. The number of benzene rings is 1. The number of rotatable bonds is 2. The monoisotopic (exact) mass is 324 g/mol. The molecule has 1 heteroatoms. The summed E-state index contributed by atoms with van der Waals surface area (Å²) in [5.41, 5.74) is 4.78. The fourth-order valence-electron chi connectivity index (χ4n) is 2.33. The van der Waals surface area contributed by atoms with E-state index in [-0.39, 0.29) is 5.41 Å². The molecule has 0 heterocycles. The van der Waals surface area contributed by atoms with Gasteiger partial charge in [-0.2, -0.15) is 0 Å². The van der Waals surface area contributed by atoms with Gasteiger partial charge in [-0.05, 0) is 26.2 Å². The molecule has 0 N–H and O–H groups in total. The summed E-state index contributed by atoms with van der Waals surface area (Å²) in [5.74, 6) is 0.569. The van der Waals surface area contributed by atoms with Gasteiger partial charge < -0.3 is 0 Å². The fraction of sp³-hybridized carbons (Fsp3) is 0.333. The Balaban J connectivity index is 2.36. The van der Waals surface area contributed by atoms with Crippen LogP contribution >= 0.6 is 22.6 Å². The Kier molecular flexibility index (Phi) is 3.24. The molecular formula is C15H17I. The van der Waals surface area contributed by atoms with Gasteiger partial charge in [0.2, 0.25) is 0 Å². The molecule has 0 amide bonds. The lowest BCUT2D eigenvalue weighted by atomic mass is 9.91. The molecule has 0 radical (unpaired) electrons. The molecule has 0 aliphatic heterocycles. The maximum Gasteiger partial charge on any atom is 0.0253 e. The quantitative estimate of drug-likeness (QED) is 0.667. The molecule has 84 valence electrons. The predicted octanol–water partition coefficient (Wildman–Crippen LogP) is 5.06. The lowest BCUT2D eigenvalue weighted by Gasteiger charge is -2.14. The van der Waals surface area contributed by atoms with Crippen LogP contribution in [-0.2, 0) is 0 Å². The Morgan fingerprint density at radius 3 is 2.25 bits per heavy atom. The first-order valence-corrected chi connectivity index (χ1v) is 6.87. The third-order valence-electron chi connectivity index (χ3n) is 2.99. The highest BCUT2D eigenvalue weighted by atomic mass is 127. The van der Waals surface area contributed by atoms with Gasteiger partial charge in [-0.1, -0.05) is 79.8 Å². The van der Waals surface area contributed by atoms with Gasteiger partial charge in [0.05, 0.1) is 0 Å². The first kappa shape index (κ1) is 11.9. The van der Waals surface area contributed by atoms with Crippen LogP contribution in [0.3, 0.4) is 0 Å². The molecular weight excluding hydrogens is 307 g/mol. The second kappa shape index (κ2) is 4.36. The van der Waals surface area contributed by atoms with E-state index in [0.717, 1.165) is 0 Å². The lowest BCUT2D eigenvalue weighted by Crippen LogP contribution is -2.03. The molecule has 0 bridgehead atoms. The summed E-state index contributed by atoms with van der Waals surface area (Å²) in [7, 11) is 0. The van der Waals surface area contributed by atoms with Gasteiger partial charge in [-0.15, -0.1) is 0 Å². The van der Waals surface area contributed by atoms with Crippen molar-refractivity contribution in [3.63, 3.8) is 0 Å². The number of hydrogen-bond acceptors (Lipinski definition) is 0. The molecule has 1 aliphatic rings. The highest BCUT2D eigenvalue weighted by Gasteiger charge is 2.41. The first-order valence-electron chi connectivity index (χ1n) is 5.62. The fourth-order valence-corrected chi connectivity index (χ4v) is 2.74. The maximum absolute atomic E-state index is 2.30. The molecule has 1 aromatic rings. The minimum absolute atomic E-state index is 0.284. The van der Waals surface area contributed by atoms with Gasteiger partial charge in [-0.3, -0.25) is 0 Å². The van der Waals surface area contributed by atoms with Crippen molar-refractivity contribution in [2.24, 2.45) is 11.3 Å². The standard InChI is InChI=1S/C15H17I/c1-15(2,3)14-12(9-10-16)13(14)11-7-5-4-6-8-11/h4-10,12H,1-3H3/b10-9-.